The van der Waals surface area contributed by atoms with E-state index in [2.05, 4.69) is 5.32 Å². The molecule has 1 aromatic rings. The number of alkyl carbamates (subject to hydrolysis) is 1. The van der Waals surface area contributed by atoms with Gasteiger partial charge in [0.2, 0.25) is 0 Å². The lowest BCUT2D eigenvalue weighted by Gasteiger charge is -2.25. The number of Topliss-reactive ketones (excluding diaryl/α,β-unsaturated/α-hetero) is 1. The Morgan fingerprint density at radius 1 is 1.14 bits per heavy atom. The summed E-state index contributed by atoms with van der Waals surface area (Å²) in [6.45, 7) is 4.27. The summed E-state index contributed by atoms with van der Waals surface area (Å²) in [4.78, 5) is 35.2. The molecule has 0 heterocycles. The Kier molecular flexibility index (Phi) is 5.90. The molecule has 0 spiro atoms. The van der Waals surface area contributed by atoms with Crippen molar-refractivity contribution in [2.45, 2.75) is 32.9 Å². The van der Waals surface area contributed by atoms with E-state index >= 15 is 0 Å². The number of rotatable bonds is 6. The van der Waals surface area contributed by atoms with Gasteiger partial charge in [0.15, 0.2) is 11.3 Å². The maximum absolute atomic E-state index is 11.8. The first kappa shape index (κ1) is 16.7. The van der Waals surface area contributed by atoms with Gasteiger partial charge in [0.05, 0.1) is 6.61 Å². The third kappa shape index (κ3) is 4.59. The minimum atomic E-state index is -1.75. The SMILES string of the molecule is CCOC(=O)C(C)(NC(=O)OCc1ccccc1)C(C)=O. The third-order valence-corrected chi connectivity index (χ3v) is 2.95. The molecule has 0 saturated heterocycles. The number of hydrogen-bond donors (Lipinski definition) is 1. The number of carbonyl (C=O) groups is 3. The average Bonchev–Trinajstić information content (AvgIpc) is 2.46. The standard InChI is InChI=1S/C15H19NO5/c1-4-20-13(18)15(3,11(2)17)16-14(19)21-10-12-8-6-5-7-9-12/h5-9H,4,10H2,1-3H3,(H,16,19). The molecular weight excluding hydrogens is 274 g/mol. The number of ketones is 1. The number of amides is 1. The van der Waals surface area contributed by atoms with E-state index in [-0.39, 0.29) is 13.2 Å². The van der Waals surface area contributed by atoms with Gasteiger partial charge in [-0.15, -0.1) is 0 Å². The van der Waals surface area contributed by atoms with Crippen molar-refractivity contribution in [2.24, 2.45) is 0 Å². The highest BCUT2D eigenvalue weighted by Crippen LogP contribution is 2.10. The lowest BCUT2D eigenvalue weighted by atomic mass is 9.98. The largest absolute Gasteiger partial charge is 0.464 e. The molecule has 1 unspecified atom stereocenters. The molecule has 0 radical (unpaired) electrons. The van der Waals surface area contributed by atoms with Crippen LogP contribution in [0.2, 0.25) is 0 Å². The van der Waals surface area contributed by atoms with Crippen LogP contribution in [0.4, 0.5) is 4.79 Å². The van der Waals surface area contributed by atoms with Gasteiger partial charge in [0.1, 0.15) is 6.61 Å². The second-order valence-electron chi connectivity index (χ2n) is 4.59. The predicted octanol–water partition coefficient (Wildman–Crippen LogP) is 1.82. The topological polar surface area (TPSA) is 81.7 Å². The zero-order valence-electron chi connectivity index (χ0n) is 12.3. The zero-order chi connectivity index (χ0) is 15.9. The normalized spacial score (nSPS) is 12.9. The molecule has 0 aliphatic rings. The molecular formula is C15H19NO5. The summed E-state index contributed by atoms with van der Waals surface area (Å²) in [6, 6.07) is 9.06. The van der Waals surface area contributed by atoms with Crippen LogP contribution in [0.25, 0.3) is 0 Å². The number of benzene rings is 1. The second kappa shape index (κ2) is 7.42. The number of nitrogens with one attached hydrogen (secondary N) is 1. The Morgan fingerprint density at radius 2 is 1.76 bits per heavy atom. The molecule has 1 N–H and O–H groups in total. The fraction of sp³-hybridized carbons (Fsp3) is 0.400. The quantitative estimate of drug-likeness (QED) is 0.639. The fourth-order valence-corrected chi connectivity index (χ4v) is 1.52. The van der Waals surface area contributed by atoms with E-state index in [0.717, 1.165) is 5.56 Å². The van der Waals surface area contributed by atoms with Crippen molar-refractivity contribution >= 4 is 17.8 Å². The molecule has 1 rings (SSSR count). The minimum Gasteiger partial charge on any atom is -0.464 e. The molecule has 21 heavy (non-hydrogen) atoms. The smallest absolute Gasteiger partial charge is 0.408 e. The molecule has 0 bridgehead atoms. The van der Waals surface area contributed by atoms with Crippen LogP contribution in [-0.4, -0.2) is 30.0 Å². The Morgan fingerprint density at radius 3 is 2.29 bits per heavy atom. The molecule has 0 aliphatic heterocycles. The Bertz CT molecular complexity index is 514. The van der Waals surface area contributed by atoms with Crippen LogP contribution in [0.1, 0.15) is 26.3 Å². The number of ether oxygens (including phenoxy) is 2. The van der Waals surface area contributed by atoms with Gasteiger partial charge >= 0.3 is 12.1 Å². The highest BCUT2D eigenvalue weighted by atomic mass is 16.6. The van der Waals surface area contributed by atoms with Gasteiger partial charge in [-0.05, 0) is 26.3 Å². The van der Waals surface area contributed by atoms with Crippen LogP contribution in [0, 0.1) is 0 Å². The molecule has 0 saturated carbocycles. The molecule has 1 atom stereocenters. The first-order valence-electron chi connectivity index (χ1n) is 6.57. The first-order chi connectivity index (χ1) is 9.90. The van der Waals surface area contributed by atoms with Crippen LogP contribution in [-0.2, 0) is 25.7 Å². The van der Waals surface area contributed by atoms with Gasteiger partial charge in [-0.3, -0.25) is 10.1 Å². The van der Waals surface area contributed by atoms with Crippen molar-refractivity contribution in [3.63, 3.8) is 0 Å². The van der Waals surface area contributed by atoms with E-state index in [4.69, 9.17) is 9.47 Å². The Hall–Kier alpha value is -2.37. The lowest BCUT2D eigenvalue weighted by Crippen LogP contribution is -2.57. The monoisotopic (exact) mass is 293 g/mol. The van der Waals surface area contributed by atoms with E-state index in [1.165, 1.54) is 13.8 Å². The highest BCUT2D eigenvalue weighted by Gasteiger charge is 2.42. The summed E-state index contributed by atoms with van der Waals surface area (Å²) in [5, 5.41) is 2.26. The molecule has 1 aromatic carbocycles. The van der Waals surface area contributed by atoms with E-state index in [1.54, 1.807) is 19.1 Å². The van der Waals surface area contributed by atoms with Crippen molar-refractivity contribution in [3.8, 4) is 0 Å². The second-order valence-corrected chi connectivity index (χ2v) is 4.59. The van der Waals surface area contributed by atoms with Crippen LogP contribution in [0.15, 0.2) is 30.3 Å². The number of esters is 1. The summed E-state index contributed by atoms with van der Waals surface area (Å²) < 4.78 is 9.79. The first-order valence-corrected chi connectivity index (χ1v) is 6.57. The van der Waals surface area contributed by atoms with Crippen molar-refractivity contribution in [1.82, 2.24) is 5.32 Å². The summed E-state index contributed by atoms with van der Waals surface area (Å²) in [5.74, 6) is -1.34. The average molecular weight is 293 g/mol. The molecule has 6 heteroatoms. The molecule has 1 amide bonds. The summed E-state index contributed by atoms with van der Waals surface area (Å²) in [5.41, 5.74) is -0.947. The van der Waals surface area contributed by atoms with E-state index in [0.29, 0.717) is 0 Å². The summed E-state index contributed by atoms with van der Waals surface area (Å²) in [6.07, 6.45) is -0.857. The molecule has 6 nitrogen and oxygen atoms in total. The van der Waals surface area contributed by atoms with Crippen LogP contribution >= 0.6 is 0 Å². The lowest BCUT2D eigenvalue weighted by molar-refractivity contribution is -0.153. The van der Waals surface area contributed by atoms with E-state index in [1.807, 2.05) is 18.2 Å². The Labute approximate surface area is 123 Å². The van der Waals surface area contributed by atoms with Crippen LogP contribution in [0.5, 0.6) is 0 Å². The summed E-state index contributed by atoms with van der Waals surface area (Å²) in [7, 11) is 0. The maximum Gasteiger partial charge on any atom is 0.408 e. The van der Waals surface area contributed by atoms with Gasteiger partial charge in [-0.25, -0.2) is 9.59 Å². The molecule has 0 fully saturated rings. The van der Waals surface area contributed by atoms with Crippen molar-refractivity contribution < 1.29 is 23.9 Å². The van der Waals surface area contributed by atoms with Gasteiger partial charge < -0.3 is 9.47 Å². The number of carbonyl (C=O) groups excluding carboxylic acids is 3. The van der Waals surface area contributed by atoms with Gasteiger partial charge in [-0.1, -0.05) is 30.3 Å². The van der Waals surface area contributed by atoms with Crippen molar-refractivity contribution in [2.75, 3.05) is 6.61 Å². The highest BCUT2D eigenvalue weighted by molar-refractivity contribution is 6.09. The third-order valence-electron chi connectivity index (χ3n) is 2.95. The van der Waals surface area contributed by atoms with E-state index in [9.17, 15) is 14.4 Å². The predicted molar refractivity (Wildman–Crippen MR) is 75.5 cm³/mol. The van der Waals surface area contributed by atoms with Crippen LogP contribution < -0.4 is 5.32 Å². The van der Waals surface area contributed by atoms with Gasteiger partial charge in [-0.2, -0.15) is 0 Å². The fourth-order valence-electron chi connectivity index (χ4n) is 1.52. The molecule has 0 aliphatic carbocycles. The Balaban J connectivity index is 2.65. The molecule has 0 aromatic heterocycles. The van der Waals surface area contributed by atoms with Gasteiger partial charge in [0.25, 0.3) is 0 Å². The van der Waals surface area contributed by atoms with E-state index < -0.39 is 23.4 Å². The minimum absolute atomic E-state index is 0.0451. The van der Waals surface area contributed by atoms with Crippen molar-refractivity contribution in [1.29, 1.82) is 0 Å². The van der Waals surface area contributed by atoms with Crippen LogP contribution in [0.3, 0.4) is 0 Å². The van der Waals surface area contributed by atoms with Crippen molar-refractivity contribution in [3.05, 3.63) is 35.9 Å². The maximum atomic E-state index is 11.8. The zero-order valence-corrected chi connectivity index (χ0v) is 12.3. The van der Waals surface area contributed by atoms with Gasteiger partial charge in [0, 0.05) is 0 Å². The molecule has 114 valence electrons. The summed E-state index contributed by atoms with van der Waals surface area (Å²) >= 11 is 0. The number of hydrogen-bond acceptors (Lipinski definition) is 5.